The van der Waals surface area contributed by atoms with Crippen molar-refractivity contribution in [3.8, 4) is 0 Å². The molecule has 4 atom stereocenters. The van der Waals surface area contributed by atoms with Gasteiger partial charge < -0.3 is 10.8 Å². The molecule has 4 N–H and O–H groups in total. The van der Waals surface area contributed by atoms with Crippen molar-refractivity contribution in [2.45, 2.75) is 51.2 Å². The quantitative estimate of drug-likeness (QED) is 0.797. The second-order valence-corrected chi connectivity index (χ2v) is 7.51. The van der Waals surface area contributed by atoms with E-state index in [0.29, 0.717) is 6.42 Å². The lowest BCUT2D eigenvalue weighted by atomic mass is 9.81. The minimum atomic E-state index is -1.03. The summed E-state index contributed by atoms with van der Waals surface area (Å²) in [5.41, 5.74) is 6.52. The Bertz CT molecular complexity index is 574. The molecule has 1 aromatic rings. The van der Waals surface area contributed by atoms with Crippen molar-refractivity contribution >= 4 is 17.6 Å². The van der Waals surface area contributed by atoms with E-state index in [1.807, 2.05) is 0 Å². The summed E-state index contributed by atoms with van der Waals surface area (Å²) in [5, 5.41) is 12.5. The number of hydrogen-bond acceptors (Lipinski definition) is 3. The van der Waals surface area contributed by atoms with Crippen molar-refractivity contribution in [3.63, 3.8) is 0 Å². The predicted molar refractivity (Wildman–Crippen MR) is 84.5 cm³/mol. The van der Waals surface area contributed by atoms with Gasteiger partial charge in [0, 0.05) is 18.0 Å². The second kappa shape index (κ2) is 6.14. The van der Waals surface area contributed by atoms with E-state index < -0.39 is 29.8 Å². The number of nitrogens with one attached hydrogen (secondary N) is 1. The summed E-state index contributed by atoms with van der Waals surface area (Å²) in [4.78, 5) is 11.6. The number of nitrogens with two attached hydrogens (primary N) is 1. The Morgan fingerprint density at radius 2 is 2.09 bits per heavy atom. The normalized spacial score (nSPS) is 28.8. The summed E-state index contributed by atoms with van der Waals surface area (Å²) in [7, 11) is 0. The van der Waals surface area contributed by atoms with Gasteiger partial charge in [-0.05, 0) is 23.5 Å². The molecule has 0 spiro atoms. The van der Waals surface area contributed by atoms with Crippen LogP contribution < -0.4 is 11.1 Å². The highest BCUT2D eigenvalue weighted by molar-refractivity contribution is 6.30. The van der Waals surface area contributed by atoms with Crippen LogP contribution in [0, 0.1) is 11.2 Å². The Labute approximate surface area is 134 Å². The van der Waals surface area contributed by atoms with Gasteiger partial charge in [0.1, 0.15) is 11.9 Å². The number of rotatable bonds is 3. The predicted octanol–water partition coefficient (Wildman–Crippen LogP) is 2.75. The number of halogens is 2. The molecule has 2 rings (SSSR count). The third-order valence-corrected chi connectivity index (χ3v) is 4.36. The minimum Gasteiger partial charge on any atom is -0.480 e. The van der Waals surface area contributed by atoms with Crippen LogP contribution in [0.1, 0.15) is 38.7 Å². The van der Waals surface area contributed by atoms with Crippen LogP contribution in [0.4, 0.5) is 4.39 Å². The summed E-state index contributed by atoms with van der Waals surface area (Å²) in [6.45, 7) is 6.18. The SMILES string of the molecule is CC(C)(C)C[C@@H]1N[C@H](C(=O)O)[C@H](c2cccc(Cl)c2F)C1N. The van der Waals surface area contributed by atoms with Crippen molar-refractivity contribution in [1.29, 1.82) is 0 Å². The minimum absolute atomic E-state index is 0.0138. The lowest BCUT2D eigenvalue weighted by Gasteiger charge is -2.27. The lowest BCUT2D eigenvalue weighted by molar-refractivity contribution is -0.139. The average Bonchev–Trinajstić information content (AvgIpc) is 2.69. The number of carboxylic acids is 1. The van der Waals surface area contributed by atoms with E-state index in [4.69, 9.17) is 17.3 Å². The van der Waals surface area contributed by atoms with Crippen LogP contribution >= 0.6 is 11.6 Å². The van der Waals surface area contributed by atoms with Gasteiger partial charge in [-0.1, -0.05) is 44.5 Å². The van der Waals surface area contributed by atoms with Crippen LogP contribution in [0.15, 0.2) is 18.2 Å². The molecule has 0 saturated carbocycles. The number of hydrogen-bond donors (Lipinski definition) is 3. The molecule has 1 fully saturated rings. The molecular formula is C16H22ClFN2O2. The van der Waals surface area contributed by atoms with E-state index in [9.17, 15) is 14.3 Å². The van der Waals surface area contributed by atoms with Gasteiger partial charge in [-0.2, -0.15) is 0 Å². The molecule has 0 aliphatic carbocycles. The van der Waals surface area contributed by atoms with Gasteiger partial charge >= 0.3 is 5.97 Å². The third kappa shape index (κ3) is 3.42. The van der Waals surface area contributed by atoms with Crippen LogP contribution in [0.25, 0.3) is 0 Å². The first-order valence-corrected chi connectivity index (χ1v) is 7.68. The molecule has 0 amide bonds. The molecule has 1 aliphatic rings. The van der Waals surface area contributed by atoms with E-state index >= 15 is 0 Å². The number of carboxylic acid groups (broad SMARTS) is 1. The van der Waals surface area contributed by atoms with Crippen molar-refractivity contribution in [1.82, 2.24) is 5.32 Å². The van der Waals surface area contributed by atoms with Crippen LogP contribution in [-0.4, -0.2) is 29.2 Å². The maximum Gasteiger partial charge on any atom is 0.321 e. The Balaban J connectivity index is 2.39. The third-order valence-electron chi connectivity index (χ3n) is 4.07. The van der Waals surface area contributed by atoms with Gasteiger partial charge in [-0.3, -0.25) is 10.1 Å². The number of carbonyl (C=O) groups is 1. The fourth-order valence-electron chi connectivity index (χ4n) is 3.16. The number of aliphatic carboxylic acids is 1. The van der Waals surface area contributed by atoms with Gasteiger partial charge in [-0.15, -0.1) is 0 Å². The topological polar surface area (TPSA) is 75.3 Å². The summed E-state index contributed by atoms with van der Waals surface area (Å²) in [6.07, 6.45) is 0.705. The number of benzene rings is 1. The van der Waals surface area contributed by atoms with Gasteiger partial charge in [-0.25, -0.2) is 4.39 Å². The molecule has 1 saturated heterocycles. The first-order valence-electron chi connectivity index (χ1n) is 7.30. The zero-order valence-electron chi connectivity index (χ0n) is 12.9. The van der Waals surface area contributed by atoms with Crippen LogP contribution in [0.5, 0.6) is 0 Å². The average molecular weight is 329 g/mol. The summed E-state index contributed by atoms with van der Waals surface area (Å²) in [5.74, 6) is -2.27. The van der Waals surface area contributed by atoms with E-state index in [-0.39, 0.29) is 22.0 Å². The largest absolute Gasteiger partial charge is 0.480 e. The van der Waals surface area contributed by atoms with Crippen molar-refractivity contribution in [2.75, 3.05) is 0 Å². The highest BCUT2D eigenvalue weighted by atomic mass is 35.5. The standard InChI is InChI=1S/C16H22ClFN2O2/c1-16(2,3)7-10-13(19)11(14(20-10)15(21)22)8-5-4-6-9(17)12(8)18/h4-6,10-11,13-14,20H,7,19H2,1-3H3,(H,21,22)/t10-,11+,13?,14-/m0/s1. The van der Waals surface area contributed by atoms with E-state index in [0.717, 1.165) is 0 Å². The molecule has 0 aromatic heterocycles. The Kier molecular flexibility index (Phi) is 4.80. The molecule has 122 valence electrons. The Hall–Kier alpha value is -1.17. The maximum atomic E-state index is 14.3. The van der Waals surface area contributed by atoms with E-state index in [1.165, 1.54) is 6.07 Å². The van der Waals surface area contributed by atoms with Crippen molar-refractivity contribution in [2.24, 2.45) is 11.1 Å². The summed E-state index contributed by atoms with van der Waals surface area (Å²) >= 11 is 5.83. The van der Waals surface area contributed by atoms with Gasteiger partial charge in [0.25, 0.3) is 0 Å². The van der Waals surface area contributed by atoms with Crippen molar-refractivity contribution < 1.29 is 14.3 Å². The Morgan fingerprint density at radius 3 is 2.64 bits per heavy atom. The molecular weight excluding hydrogens is 307 g/mol. The maximum absolute atomic E-state index is 14.3. The zero-order valence-corrected chi connectivity index (χ0v) is 13.7. The monoisotopic (exact) mass is 328 g/mol. The van der Waals surface area contributed by atoms with Crippen molar-refractivity contribution in [3.05, 3.63) is 34.6 Å². The molecule has 6 heteroatoms. The molecule has 1 aromatic carbocycles. The van der Waals surface area contributed by atoms with Crippen LogP contribution in [0.3, 0.4) is 0 Å². The van der Waals surface area contributed by atoms with E-state index in [2.05, 4.69) is 26.1 Å². The molecule has 0 bridgehead atoms. The smallest absolute Gasteiger partial charge is 0.321 e. The molecule has 1 unspecified atom stereocenters. The highest BCUT2D eigenvalue weighted by Crippen LogP contribution is 2.37. The van der Waals surface area contributed by atoms with Gasteiger partial charge in [0.05, 0.1) is 5.02 Å². The molecule has 0 radical (unpaired) electrons. The first-order chi connectivity index (χ1) is 10.1. The fraction of sp³-hybridized carbons (Fsp3) is 0.562. The van der Waals surface area contributed by atoms with Crippen LogP contribution in [-0.2, 0) is 4.79 Å². The lowest BCUT2D eigenvalue weighted by Crippen LogP contribution is -2.41. The summed E-state index contributed by atoms with van der Waals surface area (Å²) in [6, 6.07) is 3.01. The molecule has 22 heavy (non-hydrogen) atoms. The fourth-order valence-corrected chi connectivity index (χ4v) is 3.34. The van der Waals surface area contributed by atoms with Gasteiger partial charge in [0.15, 0.2) is 0 Å². The van der Waals surface area contributed by atoms with E-state index in [1.54, 1.807) is 12.1 Å². The highest BCUT2D eigenvalue weighted by Gasteiger charge is 2.47. The zero-order chi connectivity index (χ0) is 16.7. The first kappa shape index (κ1) is 17.2. The second-order valence-electron chi connectivity index (χ2n) is 7.10. The summed E-state index contributed by atoms with van der Waals surface area (Å²) < 4.78 is 14.3. The Morgan fingerprint density at radius 1 is 1.45 bits per heavy atom. The molecule has 1 aliphatic heterocycles. The van der Waals surface area contributed by atoms with Gasteiger partial charge in [0.2, 0.25) is 0 Å². The van der Waals surface area contributed by atoms with Crippen LogP contribution in [0.2, 0.25) is 5.02 Å². The molecule has 4 nitrogen and oxygen atoms in total. The molecule has 1 heterocycles.